The first-order chi connectivity index (χ1) is 15.4. The normalized spacial score (nSPS) is 11.5. The zero-order valence-electron chi connectivity index (χ0n) is 17.0. The molecule has 0 N–H and O–H groups in total. The molecule has 0 saturated heterocycles. The summed E-state index contributed by atoms with van der Waals surface area (Å²) in [5, 5.41) is 23.1. The largest absolute Gasteiger partial charge is 0.340 e. The van der Waals surface area contributed by atoms with Gasteiger partial charge in [-0.25, -0.2) is 0 Å². The standard InChI is InChI=1S/C25H17Cl2N3O2/c1-16-23(12-19(14-28)17-5-4-6-21(11-17)30(31)32)22-7-2-3-8-25(22)29(16)15-18-9-10-20(26)13-24(18)27/h2-13H,15H2,1H3. The van der Waals surface area contributed by atoms with Crippen LogP contribution in [0.2, 0.25) is 10.0 Å². The number of nitro groups is 1. The molecule has 0 radical (unpaired) electrons. The van der Waals surface area contributed by atoms with Crippen LogP contribution in [0.15, 0.2) is 66.7 Å². The Kier molecular flexibility index (Phi) is 6.00. The molecule has 1 aromatic heterocycles. The van der Waals surface area contributed by atoms with Crippen molar-refractivity contribution in [2.24, 2.45) is 0 Å². The monoisotopic (exact) mass is 461 g/mol. The second-order valence-electron chi connectivity index (χ2n) is 7.32. The van der Waals surface area contributed by atoms with E-state index >= 15 is 0 Å². The van der Waals surface area contributed by atoms with Crippen molar-refractivity contribution in [3.63, 3.8) is 0 Å². The quantitative estimate of drug-likeness (QED) is 0.178. The van der Waals surface area contributed by atoms with Crippen LogP contribution in [0.5, 0.6) is 0 Å². The van der Waals surface area contributed by atoms with E-state index in [0.717, 1.165) is 27.7 Å². The van der Waals surface area contributed by atoms with Gasteiger partial charge in [-0.05, 0) is 42.3 Å². The Balaban J connectivity index is 1.86. The number of benzene rings is 3. The van der Waals surface area contributed by atoms with Gasteiger partial charge in [0.05, 0.1) is 16.6 Å². The third-order valence-electron chi connectivity index (χ3n) is 5.40. The van der Waals surface area contributed by atoms with Gasteiger partial charge in [0, 0.05) is 50.9 Å². The van der Waals surface area contributed by atoms with Crippen molar-refractivity contribution in [2.45, 2.75) is 13.5 Å². The van der Waals surface area contributed by atoms with E-state index in [1.165, 1.54) is 12.1 Å². The highest BCUT2D eigenvalue weighted by molar-refractivity contribution is 6.35. The third-order valence-corrected chi connectivity index (χ3v) is 5.99. The molecule has 32 heavy (non-hydrogen) atoms. The first-order valence-corrected chi connectivity index (χ1v) is 10.5. The third kappa shape index (κ3) is 4.11. The molecule has 0 saturated carbocycles. The van der Waals surface area contributed by atoms with Crippen LogP contribution in [-0.2, 0) is 6.54 Å². The van der Waals surface area contributed by atoms with Gasteiger partial charge in [-0.3, -0.25) is 10.1 Å². The maximum Gasteiger partial charge on any atom is 0.270 e. The number of nitrogens with zero attached hydrogens (tertiary/aromatic N) is 3. The lowest BCUT2D eigenvalue weighted by Gasteiger charge is -2.11. The van der Waals surface area contributed by atoms with Crippen molar-refractivity contribution in [1.29, 1.82) is 5.26 Å². The average molecular weight is 462 g/mol. The van der Waals surface area contributed by atoms with Gasteiger partial charge >= 0.3 is 0 Å². The van der Waals surface area contributed by atoms with Gasteiger partial charge in [0.15, 0.2) is 0 Å². The Bertz CT molecular complexity index is 1430. The van der Waals surface area contributed by atoms with E-state index in [9.17, 15) is 15.4 Å². The first-order valence-electron chi connectivity index (χ1n) is 9.77. The summed E-state index contributed by atoms with van der Waals surface area (Å²) in [6.45, 7) is 2.52. The summed E-state index contributed by atoms with van der Waals surface area (Å²) in [4.78, 5) is 10.7. The summed E-state index contributed by atoms with van der Waals surface area (Å²) < 4.78 is 2.14. The van der Waals surface area contributed by atoms with E-state index in [4.69, 9.17) is 23.2 Å². The predicted molar refractivity (Wildman–Crippen MR) is 129 cm³/mol. The molecule has 5 nitrogen and oxygen atoms in total. The topological polar surface area (TPSA) is 71.9 Å². The molecule has 0 aliphatic heterocycles. The number of aromatic nitrogens is 1. The summed E-state index contributed by atoms with van der Waals surface area (Å²) in [5.74, 6) is 0. The lowest BCUT2D eigenvalue weighted by molar-refractivity contribution is -0.384. The second-order valence-corrected chi connectivity index (χ2v) is 8.16. The van der Waals surface area contributed by atoms with E-state index in [1.807, 2.05) is 37.3 Å². The van der Waals surface area contributed by atoms with Crippen molar-refractivity contribution in [3.8, 4) is 6.07 Å². The Hall–Kier alpha value is -3.59. The number of halogens is 2. The van der Waals surface area contributed by atoms with Crippen LogP contribution in [0.4, 0.5) is 5.69 Å². The van der Waals surface area contributed by atoms with E-state index in [0.29, 0.717) is 27.7 Å². The van der Waals surface area contributed by atoms with Gasteiger partial charge in [-0.1, -0.05) is 59.6 Å². The van der Waals surface area contributed by atoms with Crippen molar-refractivity contribution in [2.75, 3.05) is 0 Å². The fraction of sp³-hybridized carbons (Fsp3) is 0.0800. The average Bonchev–Trinajstić information content (AvgIpc) is 3.04. The van der Waals surface area contributed by atoms with Gasteiger partial charge in [0.25, 0.3) is 5.69 Å². The van der Waals surface area contributed by atoms with Crippen LogP contribution in [0, 0.1) is 28.4 Å². The van der Waals surface area contributed by atoms with Crippen molar-refractivity contribution >= 4 is 51.4 Å². The smallest absolute Gasteiger partial charge is 0.270 e. The van der Waals surface area contributed by atoms with Gasteiger partial charge < -0.3 is 4.57 Å². The van der Waals surface area contributed by atoms with Crippen LogP contribution in [-0.4, -0.2) is 9.49 Å². The summed E-state index contributed by atoms with van der Waals surface area (Å²) in [6, 6.07) is 21.6. The molecule has 0 bridgehead atoms. The lowest BCUT2D eigenvalue weighted by atomic mass is 10.0. The lowest BCUT2D eigenvalue weighted by Crippen LogP contribution is -2.02. The number of non-ortho nitro benzene ring substituents is 1. The molecule has 4 rings (SSSR count). The fourth-order valence-corrected chi connectivity index (χ4v) is 4.24. The minimum atomic E-state index is -0.467. The minimum absolute atomic E-state index is 0.0554. The number of fused-ring (bicyclic) bond motifs is 1. The number of para-hydroxylation sites is 1. The maximum atomic E-state index is 11.2. The van der Waals surface area contributed by atoms with Crippen LogP contribution in [0.25, 0.3) is 22.6 Å². The Morgan fingerprint density at radius 1 is 1.12 bits per heavy atom. The Morgan fingerprint density at radius 2 is 1.91 bits per heavy atom. The van der Waals surface area contributed by atoms with Crippen LogP contribution >= 0.6 is 23.2 Å². The summed E-state index contributed by atoms with van der Waals surface area (Å²) in [5.41, 5.74) is 4.56. The highest BCUT2D eigenvalue weighted by atomic mass is 35.5. The molecule has 4 aromatic rings. The number of hydrogen-bond acceptors (Lipinski definition) is 3. The van der Waals surface area contributed by atoms with E-state index < -0.39 is 4.92 Å². The van der Waals surface area contributed by atoms with Crippen molar-refractivity contribution < 1.29 is 4.92 Å². The molecule has 0 unspecified atom stereocenters. The Morgan fingerprint density at radius 3 is 2.62 bits per heavy atom. The van der Waals surface area contributed by atoms with Gasteiger partial charge in [-0.15, -0.1) is 0 Å². The zero-order valence-corrected chi connectivity index (χ0v) is 18.6. The summed E-state index contributed by atoms with van der Waals surface area (Å²) >= 11 is 12.4. The molecular weight excluding hydrogens is 445 g/mol. The molecule has 0 spiro atoms. The molecule has 0 fully saturated rings. The number of nitro benzene ring substituents is 1. The van der Waals surface area contributed by atoms with Gasteiger partial charge in [0.1, 0.15) is 0 Å². The van der Waals surface area contributed by atoms with E-state index in [2.05, 4.69) is 10.6 Å². The summed E-state index contributed by atoms with van der Waals surface area (Å²) in [6.07, 6.45) is 1.79. The highest BCUT2D eigenvalue weighted by Crippen LogP contribution is 2.32. The molecule has 0 atom stereocenters. The zero-order chi connectivity index (χ0) is 22.8. The number of hydrogen-bond donors (Lipinski definition) is 0. The Labute approximate surface area is 194 Å². The molecule has 158 valence electrons. The van der Waals surface area contributed by atoms with Crippen LogP contribution in [0.3, 0.4) is 0 Å². The van der Waals surface area contributed by atoms with E-state index in [1.54, 1.807) is 30.3 Å². The summed E-state index contributed by atoms with van der Waals surface area (Å²) in [7, 11) is 0. The number of nitriles is 1. The fourth-order valence-electron chi connectivity index (χ4n) is 3.78. The van der Waals surface area contributed by atoms with Crippen LogP contribution < -0.4 is 0 Å². The minimum Gasteiger partial charge on any atom is -0.340 e. The number of rotatable bonds is 5. The van der Waals surface area contributed by atoms with Crippen molar-refractivity contribution in [3.05, 3.63) is 109 Å². The van der Waals surface area contributed by atoms with Gasteiger partial charge in [-0.2, -0.15) is 5.26 Å². The number of allylic oxidation sites excluding steroid dienone is 1. The SMILES string of the molecule is Cc1c(C=C(C#N)c2cccc([N+](=O)[O-])c2)c2ccccc2n1Cc1ccc(Cl)cc1Cl. The maximum absolute atomic E-state index is 11.2. The molecule has 0 amide bonds. The molecule has 0 aliphatic rings. The second kappa shape index (κ2) is 8.88. The predicted octanol–water partition coefficient (Wildman–Crippen LogP) is 7.28. The molecule has 1 heterocycles. The van der Waals surface area contributed by atoms with Crippen molar-refractivity contribution in [1.82, 2.24) is 4.57 Å². The van der Waals surface area contributed by atoms with E-state index in [-0.39, 0.29) is 5.69 Å². The molecule has 7 heteroatoms. The molecule has 0 aliphatic carbocycles. The molecular formula is C25H17Cl2N3O2. The molecule has 3 aromatic carbocycles. The van der Waals surface area contributed by atoms with Crippen LogP contribution in [0.1, 0.15) is 22.4 Å². The van der Waals surface area contributed by atoms with Gasteiger partial charge in [0.2, 0.25) is 0 Å². The first kappa shape index (κ1) is 21.6. The highest BCUT2D eigenvalue weighted by Gasteiger charge is 2.16.